The summed E-state index contributed by atoms with van der Waals surface area (Å²) in [6.07, 6.45) is 2.77. The van der Waals surface area contributed by atoms with E-state index in [1.54, 1.807) is 19.2 Å². The molecular weight excluding hydrogens is 329 g/mol. The van der Waals surface area contributed by atoms with Gasteiger partial charge in [-0.25, -0.2) is 4.39 Å². The summed E-state index contributed by atoms with van der Waals surface area (Å²) in [4.78, 5) is 10.1. The topological polar surface area (TPSA) is 55.5 Å². The predicted octanol–water partition coefficient (Wildman–Crippen LogP) is 2.74. The number of aliphatic imine (C=N–C) groups is 1. The van der Waals surface area contributed by atoms with Crippen LogP contribution in [0.3, 0.4) is 0 Å². The Hall–Kier alpha value is -2.08. The van der Waals surface area contributed by atoms with Gasteiger partial charge in [0.15, 0.2) is 5.96 Å². The normalized spacial score (nSPS) is 21.7. The second kappa shape index (κ2) is 8.08. The van der Waals surface area contributed by atoms with Crippen LogP contribution >= 0.6 is 0 Å². The van der Waals surface area contributed by atoms with Gasteiger partial charge in [0.05, 0.1) is 0 Å². The van der Waals surface area contributed by atoms with Crippen LogP contribution in [0.25, 0.3) is 10.9 Å². The standard InChI is InChI=1S/C20H30FN5/c1-13(2)26-11-14(3)19(12-26)25-20(22-4)23-8-7-15-10-24-18-6-5-16(21)9-17(15)18/h5-6,9-10,13-14,19,24H,7-8,11-12H2,1-4H3,(H2,22,23,25). The first-order chi connectivity index (χ1) is 12.5. The molecule has 0 radical (unpaired) electrons. The van der Waals surface area contributed by atoms with Gasteiger partial charge < -0.3 is 15.6 Å². The van der Waals surface area contributed by atoms with E-state index in [9.17, 15) is 4.39 Å². The van der Waals surface area contributed by atoms with Crippen molar-refractivity contribution < 1.29 is 4.39 Å². The highest BCUT2D eigenvalue weighted by Gasteiger charge is 2.31. The molecule has 1 fully saturated rings. The number of H-pyrrole nitrogens is 1. The number of aromatic amines is 1. The minimum atomic E-state index is -0.200. The molecule has 0 amide bonds. The smallest absolute Gasteiger partial charge is 0.191 e. The van der Waals surface area contributed by atoms with Crippen LogP contribution in [0.2, 0.25) is 0 Å². The van der Waals surface area contributed by atoms with Crippen molar-refractivity contribution >= 4 is 16.9 Å². The number of hydrogen-bond donors (Lipinski definition) is 3. The van der Waals surface area contributed by atoms with Crippen LogP contribution in [0.4, 0.5) is 4.39 Å². The minimum Gasteiger partial charge on any atom is -0.361 e. The first-order valence-electron chi connectivity index (χ1n) is 9.44. The van der Waals surface area contributed by atoms with E-state index in [4.69, 9.17) is 0 Å². The Morgan fingerprint density at radius 1 is 1.38 bits per heavy atom. The van der Waals surface area contributed by atoms with Crippen LogP contribution in [-0.2, 0) is 6.42 Å². The summed E-state index contributed by atoms with van der Waals surface area (Å²) in [6, 6.07) is 5.83. The molecule has 1 aliphatic rings. The van der Waals surface area contributed by atoms with Gasteiger partial charge in [0.2, 0.25) is 0 Å². The number of aromatic nitrogens is 1. The molecule has 26 heavy (non-hydrogen) atoms. The molecule has 142 valence electrons. The number of rotatable bonds is 5. The third-order valence-corrected chi connectivity index (χ3v) is 5.33. The number of guanidine groups is 1. The highest BCUT2D eigenvalue weighted by atomic mass is 19.1. The van der Waals surface area contributed by atoms with Gasteiger partial charge in [-0.3, -0.25) is 9.89 Å². The zero-order valence-corrected chi connectivity index (χ0v) is 16.1. The van der Waals surface area contributed by atoms with Crippen LogP contribution in [0.15, 0.2) is 29.4 Å². The van der Waals surface area contributed by atoms with E-state index in [0.29, 0.717) is 18.0 Å². The third kappa shape index (κ3) is 4.18. The predicted molar refractivity (Wildman–Crippen MR) is 106 cm³/mol. The molecule has 3 N–H and O–H groups in total. The number of fused-ring (bicyclic) bond motifs is 1. The van der Waals surface area contributed by atoms with E-state index in [2.05, 4.69) is 46.3 Å². The van der Waals surface area contributed by atoms with Crippen molar-refractivity contribution in [3.63, 3.8) is 0 Å². The molecule has 2 atom stereocenters. The molecule has 2 aromatic rings. The Labute approximate surface area is 155 Å². The highest BCUT2D eigenvalue weighted by molar-refractivity contribution is 5.83. The zero-order valence-electron chi connectivity index (χ0n) is 16.1. The van der Waals surface area contributed by atoms with Gasteiger partial charge in [0, 0.05) is 55.9 Å². The summed E-state index contributed by atoms with van der Waals surface area (Å²) in [5.41, 5.74) is 2.08. The second-order valence-electron chi connectivity index (χ2n) is 7.53. The van der Waals surface area contributed by atoms with Crippen molar-refractivity contribution in [2.24, 2.45) is 10.9 Å². The zero-order chi connectivity index (χ0) is 18.7. The number of benzene rings is 1. The van der Waals surface area contributed by atoms with Gasteiger partial charge in [0.1, 0.15) is 5.82 Å². The second-order valence-corrected chi connectivity index (χ2v) is 7.53. The summed E-state index contributed by atoms with van der Waals surface area (Å²) in [7, 11) is 1.80. The lowest BCUT2D eigenvalue weighted by Crippen LogP contribution is -2.47. The van der Waals surface area contributed by atoms with Crippen LogP contribution < -0.4 is 10.6 Å². The first-order valence-corrected chi connectivity index (χ1v) is 9.44. The Kier molecular flexibility index (Phi) is 5.81. The Morgan fingerprint density at radius 3 is 2.88 bits per heavy atom. The molecule has 0 bridgehead atoms. The maximum atomic E-state index is 13.5. The summed E-state index contributed by atoms with van der Waals surface area (Å²) >= 11 is 0. The molecule has 2 heterocycles. The molecule has 0 aliphatic carbocycles. The number of nitrogens with zero attached hydrogens (tertiary/aromatic N) is 2. The fourth-order valence-electron chi connectivity index (χ4n) is 3.66. The van der Waals surface area contributed by atoms with Crippen molar-refractivity contribution in [2.75, 3.05) is 26.7 Å². The van der Waals surface area contributed by atoms with Gasteiger partial charge >= 0.3 is 0 Å². The van der Waals surface area contributed by atoms with E-state index >= 15 is 0 Å². The van der Waals surface area contributed by atoms with E-state index in [1.165, 1.54) is 6.07 Å². The molecule has 0 spiro atoms. The van der Waals surface area contributed by atoms with Gasteiger partial charge in [-0.2, -0.15) is 0 Å². The van der Waals surface area contributed by atoms with Crippen molar-refractivity contribution in [3.8, 4) is 0 Å². The number of halogens is 1. The molecule has 6 heteroatoms. The van der Waals surface area contributed by atoms with Crippen molar-refractivity contribution in [3.05, 3.63) is 35.8 Å². The molecule has 1 saturated heterocycles. The molecule has 3 rings (SSSR count). The van der Waals surface area contributed by atoms with E-state index in [-0.39, 0.29) is 5.82 Å². The molecule has 0 saturated carbocycles. The van der Waals surface area contributed by atoms with Gasteiger partial charge in [-0.05, 0) is 49.9 Å². The average molecular weight is 359 g/mol. The van der Waals surface area contributed by atoms with Gasteiger partial charge in [-0.1, -0.05) is 6.92 Å². The number of nitrogens with one attached hydrogen (secondary N) is 3. The quantitative estimate of drug-likeness (QED) is 0.568. The Morgan fingerprint density at radius 2 is 2.19 bits per heavy atom. The van der Waals surface area contributed by atoms with Crippen molar-refractivity contribution in [1.82, 2.24) is 20.5 Å². The maximum absolute atomic E-state index is 13.5. The largest absolute Gasteiger partial charge is 0.361 e. The fourth-order valence-corrected chi connectivity index (χ4v) is 3.66. The minimum absolute atomic E-state index is 0.200. The lowest BCUT2D eigenvalue weighted by atomic mass is 10.1. The van der Waals surface area contributed by atoms with Crippen LogP contribution in [0.5, 0.6) is 0 Å². The van der Waals surface area contributed by atoms with Crippen LogP contribution in [0, 0.1) is 11.7 Å². The first kappa shape index (κ1) is 18.7. The summed E-state index contributed by atoms with van der Waals surface area (Å²) in [5, 5.41) is 7.90. The highest BCUT2D eigenvalue weighted by Crippen LogP contribution is 2.20. The lowest BCUT2D eigenvalue weighted by molar-refractivity contribution is 0.265. The van der Waals surface area contributed by atoms with Gasteiger partial charge in [-0.15, -0.1) is 0 Å². The lowest BCUT2D eigenvalue weighted by Gasteiger charge is -2.22. The molecular formula is C20H30FN5. The Bertz CT molecular complexity index is 767. The monoisotopic (exact) mass is 359 g/mol. The maximum Gasteiger partial charge on any atom is 0.191 e. The Balaban J connectivity index is 1.54. The summed E-state index contributed by atoms with van der Waals surface area (Å²) < 4.78 is 13.5. The summed E-state index contributed by atoms with van der Waals surface area (Å²) in [5.74, 6) is 1.22. The fraction of sp³-hybridized carbons (Fsp3) is 0.550. The SMILES string of the molecule is CN=C(NCCc1c[nH]c2ccc(F)cc12)NC1CN(C(C)C)CC1C. The van der Waals surface area contributed by atoms with E-state index in [1.807, 2.05) is 6.20 Å². The van der Waals surface area contributed by atoms with E-state index in [0.717, 1.165) is 48.5 Å². The van der Waals surface area contributed by atoms with Crippen LogP contribution in [0.1, 0.15) is 26.3 Å². The molecule has 1 aromatic heterocycles. The third-order valence-electron chi connectivity index (χ3n) is 5.33. The molecule has 2 unspecified atom stereocenters. The number of likely N-dealkylation sites (tertiary alicyclic amines) is 1. The summed E-state index contributed by atoms with van der Waals surface area (Å²) in [6.45, 7) is 9.68. The molecule has 1 aromatic carbocycles. The molecule has 1 aliphatic heterocycles. The van der Waals surface area contributed by atoms with Crippen LogP contribution in [-0.4, -0.2) is 54.6 Å². The van der Waals surface area contributed by atoms with Crippen molar-refractivity contribution in [1.29, 1.82) is 0 Å². The van der Waals surface area contributed by atoms with Crippen molar-refractivity contribution in [2.45, 2.75) is 39.3 Å². The molecule has 5 nitrogen and oxygen atoms in total. The van der Waals surface area contributed by atoms with Gasteiger partial charge in [0.25, 0.3) is 0 Å². The average Bonchev–Trinajstić information content (AvgIpc) is 3.17. The number of hydrogen-bond acceptors (Lipinski definition) is 2. The van der Waals surface area contributed by atoms with E-state index < -0.39 is 0 Å².